The van der Waals surface area contributed by atoms with E-state index in [1.807, 2.05) is 10.3 Å². The second kappa shape index (κ2) is 8.84. The van der Waals surface area contributed by atoms with Crippen LogP contribution in [0.25, 0.3) is 0 Å². The van der Waals surface area contributed by atoms with Gasteiger partial charge in [0, 0.05) is 54.5 Å². The van der Waals surface area contributed by atoms with E-state index in [1.165, 1.54) is 23.5 Å². The van der Waals surface area contributed by atoms with Crippen LogP contribution in [0.15, 0.2) is 50.5 Å². The first-order valence-electron chi connectivity index (χ1n) is 10.3. The summed E-state index contributed by atoms with van der Waals surface area (Å²) in [6, 6.07) is 3.30. The number of benzene rings is 1. The minimum atomic E-state index is -1.10. The molecule has 3 N–H and O–H groups in total. The number of fused-ring (bicyclic) bond motifs is 1. The lowest BCUT2D eigenvalue weighted by atomic mass is 9.95. The van der Waals surface area contributed by atoms with Crippen molar-refractivity contribution in [3.8, 4) is 0 Å². The van der Waals surface area contributed by atoms with Gasteiger partial charge in [0.15, 0.2) is 10.8 Å². The van der Waals surface area contributed by atoms with Crippen LogP contribution in [-0.4, -0.2) is 76.5 Å². The number of nitrogens with one attached hydrogen (secondary N) is 2. The van der Waals surface area contributed by atoms with Crippen molar-refractivity contribution in [2.45, 2.75) is 12.1 Å². The van der Waals surface area contributed by atoms with Crippen molar-refractivity contribution in [2.75, 3.05) is 32.7 Å². The molecule has 0 aliphatic carbocycles. The molecule has 2 aromatic rings. The van der Waals surface area contributed by atoms with Gasteiger partial charge in [0.2, 0.25) is 0 Å². The number of hydrogen-bond donors (Lipinski definition) is 3. The Kier molecular flexibility index (Phi) is 5.89. The van der Waals surface area contributed by atoms with Gasteiger partial charge in [-0.05, 0) is 17.7 Å². The van der Waals surface area contributed by atoms with Gasteiger partial charge in [-0.15, -0.1) is 11.3 Å². The third-order valence-corrected chi connectivity index (χ3v) is 7.41. The standard InChI is InChI=1S/C21H20BrFN6O3S/c22-14-7-11(23)1-2-13(14)17-16(20(30)31)15(26-18(27-17)19-24-3-6-33-19)10-28-4-5-29-12(9-28)8-25-21(29)32/h1-3,6-7,12,17H,4-5,8-10H2,(H,25,32)(H,26,27)(H,30,31)/t12-,17+/m1/s1. The minimum absolute atomic E-state index is 0.0536. The van der Waals surface area contributed by atoms with E-state index in [4.69, 9.17) is 0 Å². The molecule has 2 fully saturated rings. The Balaban J connectivity index is 1.52. The molecule has 9 nitrogen and oxygen atoms in total. The number of urea groups is 1. The number of halogens is 2. The number of hydrogen-bond acceptors (Lipinski definition) is 7. The average Bonchev–Trinajstić information content (AvgIpc) is 3.43. The molecule has 0 saturated carbocycles. The zero-order chi connectivity index (χ0) is 23.1. The van der Waals surface area contributed by atoms with Crippen LogP contribution >= 0.6 is 27.3 Å². The van der Waals surface area contributed by atoms with Gasteiger partial charge in [0.1, 0.15) is 11.9 Å². The van der Waals surface area contributed by atoms with Crippen molar-refractivity contribution in [3.63, 3.8) is 0 Å². The van der Waals surface area contributed by atoms with E-state index in [1.54, 1.807) is 12.3 Å². The second-order valence-corrected chi connectivity index (χ2v) is 9.72. The molecule has 2 saturated heterocycles. The smallest absolute Gasteiger partial charge is 0.335 e. The first-order valence-corrected chi connectivity index (χ1v) is 12.0. The summed E-state index contributed by atoms with van der Waals surface area (Å²) in [5, 5.41) is 18.7. The number of carboxylic acid groups (broad SMARTS) is 1. The lowest BCUT2D eigenvalue weighted by Gasteiger charge is -2.38. The molecule has 33 heavy (non-hydrogen) atoms. The summed E-state index contributed by atoms with van der Waals surface area (Å²) in [6.45, 7) is 2.75. The zero-order valence-electron chi connectivity index (χ0n) is 17.3. The summed E-state index contributed by atoms with van der Waals surface area (Å²) >= 11 is 4.76. The number of carboxylic acids is 1. The number of nitrogens with zero attached hydrogens (tertiary/aromatic N) is 4. The quantitative estimate of drug-likeness (QED) is 0.542. The van der Waals surface area contributed by atoms with Gasteiger partial charge in [-0.1, -0.05) is 22.0 Å². The number of aliphatic carboxylic acids is 1. The molecular weight excluding hydrogens is 515 g/mol. The fourth-order valence-corrected chi connectivity index (χ4v) is 5.56. The van der Waals surface area contributed by atoms with Gasteiger partial charge in [-0.3, -0.25) is 9.89 Å². The van der Waals surface area contributed by atoms with Gasteiger partial charge in [0.25, 0.3) is 0 Å². The number of carbonyl (C=O) groups is 2. The fourth-order valence-electron chi connectivity index (χ4n) is 4.40. The Morgan fingerprint density at radius 3 is 2.94 bits per heavy atom. The van der Waals surface area contributed by atoms with Crippen LogP contribution in [0.2, 0.25) is 0 Å². The number of piperazine rings is 1. The topological polar surface area (TPSA) is 110 Å². The molecule has 1 aromatic heterocycles. The molecular formula is C21H20BrFN6O3S. The van der Waals surface area contributed by atoms with E-state index < -0.39 is 17.8 Å². The highest BCUT2D eigenvalue weighted by atomic mass is 79.9. The number of thiazole rings is 1. The molecule has 4 heterocycles. The van der Waals surface area contributed by atoms with Crippen molar-refractivity contribution in [1.29, 1.82) is 0 Å². The van der Waals surface area contributed by atoms with Crippen molar-refractivity contribution in [2.24, 2.45) is 4.99 Å². The predicted molar refractivity (Wildman–Crippen MR) is 124 cm³/mol. The zero-order valence-corrected chi connectivity index (χ0v) is 19.7. The molecule has 3 aliphatic heterocycles. The summed E-state index contributed by atoms with van der Waals surface area (Å²) in [5.41, 5.74) is 1.16. The first kappa shape index (κ1) is 22.0. The first-order chi connectivity index (χ1) is 15.9. The summed E-state index contributed by atoms with van der Waals surface area (Å²) in [4.78, 5) is 37.3. The third kappa shape index (κ3) is 4.25. The van der Waals surface area contributed by atoms with Crippen LogP contribution in [0.4, 0.5) is 9.18 Å². The maximum atomic E-state index is 13.7. The molecule has 5 rings (SSSR count). The van der Waals surface area contributed by atoms with Crippen LogP contribution in [0.1, 0.15) is 16.6 Å². The van der Waals surface area contributed by atoms with Gasteiger partial charge in [-0.25, -0.2) is 19.0 Å². The van der Waals surface area contributed by atoms with Crippen LogP contribution in [0, 0.1) is 5.82 Å². The number of amidine groups is 1. The van der Waals surface area contributed by atoms with Crippen LogP contribution in [0.3, 0.4) is 0 Å². The Morgan fingerprint density at radius 1 is 1.36 bits per heavy atom. The minimum Gasteiger partial charge on any atom is -0.478 e. The van der Waals surface area contributed by atoms with Crippen molar-refractivity contribution in [1.82, 2.24) is 25.4 Å². The van der Waals surface area contributed by atoms with E-state index in [-0.39, 0.29) is 17.6 Å². The molecule has 12 heteroatoms. The third-order valence-electron chi connectivity index (χ3n) is 5.95. The molecule has 0 radical (unpaired) electrons. The van der Waals surface area contributed by atoms with Crippen molar-refractivity contribution >= 4 is 45.1 Å². The highest BCUT2D eigenvalue weighted by molar-refractivity contribution is 9.10. The van der Waals surface area contributed by atoms with Gasteiger partial charge < -0.3 is 20.6 Å². The summed E-state index contributed by atoms with van der Waals surface area (Å²) in [7, 11) is 0. The Labute approximate surface area is 201 Å². The monoisotopic (exact) mass is 534 g/mol. The summed E-state index contributed by atoms with van der Waals surface area (Å²) in [5.74, 6) is -1.05. The second-order valence-electron chi connectivity index (χ2n) is 7.97. The van der Waals surface area contributed by atoms with Gasteiger partial charge in [-0.2, -0.15) is 0 Å². The molecule has 1 aromatic carbocycles. The molecule has 0 unspecified atom stereocenters. The highest BCUT2D eigenvalue weighted by Gasteiger charge is 2.38. The Bertz CT molecular complexity index is 1170. The Morgan fingerprint density at radius 2 is 2.21 bits per heavy atom. The maximum Gasteiger partial charge on any atom is 0.335 e. The SMILES string of the molecule is O=C(O)C1=C(CN2CCN3C(=O)NC[C@@H]3C2)NC(c2nccs2)=N[C@H]1c1ccc(F)cc1Br. The van der Waals surface area contributed by atoms with E-state index in [2.05, 4.69) is 41.4 Å². The largest absolute Gasteiger partial charge is 0.478 e. The van der Waals surface area contributed by atoms with E-state index in [9.17, 15) is 19.1 Å². The predicted octanol–water partition coefficient (Wildman–Crippen LogP) is 2.18. The molecule has 0 bridgehead atoms. The van der Waals surface area contributed by atoms with Crippen LogP contribution in [-0.2, 0) is 4.79 Å². The normalized spacial score (nSPS) is 23.2. The highest BCUT2D eigenvalue weighted by Crippen LogP contribution is 2.36. The number of aliphatic imine (C=N–C) groups is 1. The lowest BCUT2D eigenvalue weighted by molar-refractivity contribution is -0.133. The molecule has 0 spiro atoms. The van der Waals surface area contributed by atoms with Gasteiger partial charge >= 0.3 is 12.0 Å². The molecule has 3 aliphatic rings. The lowest BCUT2D eigenvalue weighted by Crippen LogP contribution is -2.53. The van der Waals surface area contributed by atoms with Crippen LogP contribution < -0.4 is 10.6 Å². The van der Waals surface area contributed by atoms with E-state index in [0.717, 1.165) is 0 Å². The molecule has 2 atom stereocenters. The number of amides is 2. The molecule has 172 valence electrons. The average molecular weight is 535 g/mol. The van der Waals surface area contributed by atoms with Crippen molar-refractivity contribution < 1.29 is 19.1 Å². The number of carbonyl (C=O) groups excluding carboxylic acids is 1. The summed E-state index contributed by atoms with van der Waals surface area (Å²) in [6.07, 6.45) is 1.66. The maximum absolute atomic E-state index is 13.7. The van der Waals surface area contributed by atoms with Gasteiger partial charge in [0.05, 0.1) is 11.6 Å². The molecule has 2 amide bonds. The fraction of sp³-hybridized carbons (Fsp3) is 0.333. The van der Waals surface area contributed by atoms with Crippen LogP contribution in [0.5, 0.6) is 0 Å². The van der Waals surface area contributed by atoms with Crippen molar-refractivity contribution in [3.05, 3.63) is 61.9 Å². The number of aromatic nitrogens is 1. The van der Waals surface area contributed by atoms with E-state index >= 15 is 0 Å². The number of rotatable bonds is 5. The van der Waals surface area contributed by atoms with E-state index in [0.29, 0.717) is 59.3 Å². The Hall–Kier alpha value is -2.83. The summed E-state index contributed by atoms with van der Waals surface area (Å²) < 4.78 is 14.2.